The number of oxazole rings is 1. The van der Waals surface area contributed by atoms with E-state index in [0.29, 0.717) is 11.9 Å². The summed E-state index contributed by atoms with van der Waals surface area (Å²) in [5, 5.41) is 0.868. The van der Waals surface area contributed by atoms with Crippen LogP contribution in [0.2, 0.25) is 18.1 Å². The van der Waals surface area contributed by atoms with Crippen LogP contribution in [0.5, 0.6) is 0 Å². The molecular weight excluding hydrogens is 298 g/mol. The molecule has 0 fully saturated rings. The highest BCUT2D eigenvalue weighted by Gasteiger charge is 2.37. The van der Waals surface area contributed by atoms with Crippen LogP contribution in [0.15, 0.2) is 4.42 Å². The first-order valence-electron chi connectivity index (χ1n) is 5.82. The molecule has 1 heterocycles. The highest BCUT2D eigenvalue weighted by molar-refractivity contribution is 9.08. The summed E-state index contributed by atoms with van der Waals surface area (Å²) in [4.78, 5) is 4.31. The molecule has 0 saturated carbocycles. The Morgan fingerprint density at radius 3 is 2.35 bits per heavy atom. The van der Waals surface area contributed by atoms with E-state index in [9.17, 15) is 0 Å². The van der Waals surface area contributed by atoms with Gasteiger partial charge in [0, 0.05) is 0 Å². The summed E-state index contributed by atoms with van der Waals surface area (Å²) in [6.07, 6.45) is 0. The lowest BCUT2D eigenvalue weighted by atomic mass is 10.2. The van der Waals surface area contributed by atoms with Crippen LogP contribution < -0.4 is 0 Å². The molecule has 0 unspecified atom stereocenters. The van der Waals surface area contributed by atoms with Gasteiger partial charge in [-0.2, -0.15) is 0 Å². The van der Waals surface area contributed by atoms with Crippen LogP contribution in [0.25, 0.3) is 0 Å². The molecule has 0 aromatic carbocycles. The van der Waals surface area contributed by atoms with Crippen LogP contribution in [-0.4, -0.2) is 13.3 Å². The Bertz CT molecular complexity index is 382. The third-order valence-electron chi connectivity index (χ3n) is 3.42. The fraction of sp³-hybridized carbons (Fsp3) is 0.750. The van der Waals surface area contributed by atoms with Gasteiger partial charge >= 0.3 is 0 Å². The van der Waals surface area contributed by atoms with Gasteiger partial charge in [-0.05, 0) is 25.1 Å². The van der Waals surface area contributed by atoms with Crippen LogP contribution in [0, 0.1) is 6.92 Å². The van der Waals surface area contributed by atoms with Gasteiger partial charge in [0.25, 0.3) is 0 Å². The fourth-order valence-electron chi connectivity index (χ4n) is 1.14. The van der Waals surface area contributed by atoms with Gasteiger partial charge in [0.15, 0.2) is 14.1 Å². The van der Waals surface area contributed by atoms with E-state index in [1.165, 1.54) is 0 Å². The largest absolute Gasteiger partial charge is 0.442 e. The third kappa shape index (κ3) is 3.66. The highest BCUT2D eigenvalue weighted by atomic mass is 79.9. The second-order valence-electron chi connectivity index (χ2n) is 5.80. The minimum absolute atomic E-state index is 0.221. The smallest absolute Gasteiger partial charge is 0.205 e. The Hall–Kier alpha value is -0.133. The van der Waals surface area contributed by atoms with Gasteiger partial charge in [-0.3, -0.25) is 0 Å². The molecule has 0 spiro atoms. The fourth-order valence-corrected chi connectivity index (χ4v) is 2.31. The number of nitrogens with zero attached hydrogens (tertiary/aromatic N) is 1. The Morgan fingerprint density at radius 1 is 1.35 bits per heavy atom. The number of hydrogen-bond donors (Lipinski definition) is 0. The van der Waals surface area contributed by atoms with E-state index in [4.69, 9.17) is 8.84 Å². The van der Waals surface area contributed by atoms with Gasteiger partial charge in [0.2, 0.25) is 5.89 Å². The number of alkyl halides is 1. The maximum Gasteiger partial charge on any atom is 0.205 e. The molecule has 5 heteroatoms. The Morgan fingerprint density at radius 2 is 1.94 bits per heavy atom. The van der Waals surface area contributed by atoms with Gasteiger partial charge in [-0.25, -0.2) is 4.98 Å². The topological polar surface area (TPSA) is 35.3 Å². The SMILES string of the molecule is Cc1nc(CBr)oc1CO[Si](C)(C)C(C)(C)C. The first-order valence-corrected chi connectivity index (χ1v) is 9.85. The van der Waals surface area contributed by atoms with Crippen LogP contribution in [-0.2, 0) is 16.4 Å². The summed E-state index contributed by atoms with van der Waals surface area (Å²) >= 11 is 3.34. The second kappa shape index (κ2) is 5.24. The van der Waals surface area contributed by atoms with Gasteiger partial charge in [-0.15, -0.1) is 0 Å². The van der Waals surface area contributed by atoms with E-state index in [1.807, 2.05) is 6.92 Å². The van der Waals surface area contributed by atoms with E-state index in [2.05, 4.69) is 54.8 Å². The van der Waals surface area contributed by atoms with Crippen molar-refractivity contribution in [3.8, 4) is 0 Å². The number of aromatic nitrogens is 1. The first-order chi connectivity index (χ1) is 7.67. The van der Waals surface area contributed by atoms with Crippen molar-refractivity contribution in [3.05, 3.63) is 17.3 Å². The monoisotopic (exact) mass is 319 g/mol. The molecule has 0 saturated heterocycles. The second-order valence-corrected chi connectivity index (χ2v) is 11.2. The molecule has 0 aliphatic rings. The number of rotatable bonds is 4. The lowest BCUT2D eigenvalue weighted by Gasteiger charge is -2.35. The van der Waals surface area contributed by atoms with Crippen LogP contribution in [0.1, 0.15) is 38.1 Å². The zero-order valence-corrected chi connectivity index (χ0v) is 14.1. The molecular formula is C12H22BrNO2Si. The molecule has 0 amide bonds. The standard InChI is InChI=1S/C12H22BrNO2Si/c1-9-10(16-11(7-13)14-9)8-15-17(5,6)12(2,3)4/h7-8H2,1-6H3. The maximum absolute atomic E-state index is 6.11. The predicted octanol–water partition coefficient (Wildman–Crippen LogP) is 4.40. The molecule has 1 aromatic heterocycles. The van der Waals surface area contributed by atoms with E-state index in [1.54, 1.807) is 0 Å². The van der Waals surface area contributed by atoms with Crippen LogP contribution >= 0.6 is 15.9 Å². The summed E-state index contributed by atoms with van der Waals surface area (Å²) in [6, 6.07) is 0. The summed E-state index contributed by atoms with van der Waals surface area (Å²) < 4.78 is 11.7. The van der Waals surface area contributed by atoms with Crippen LogP contribution in [0.3, 0.4) is 0 Å². The van der Waals surface area contributed by atoms with Gasteiger partial charge in [0.05, 0.1) is 17.6 Å². The van der Waals surface area contributed by atoms with Crippen molar-refractivity contribution in [1.29, 1.82) is 0 Å². The molecule has 3 nitrogen and oxygen atoms in total. The predicted molar refractivity (Wildman–Crippen MR) is 75.9 cm³/mol. The lowest BCUT2D eigenvalue weighted by molar-refractivity contribution is 0.243. The lowest BCUT2D eigenvalue weighted by Crippen LogP contribution is -2.40. The molecule has 17 heavy (non-hydrogen) atoms. The van der Waals surface area contributed by atoms with Crippen molar-refractivity contribution < 1.29 is 8.84 Å². The molecule has 0 radical (unpaired) electrons. The average molecular weight is 320 g/mol. The summed E-state index contributed by atoms with van der Waals surface area (Å²) in [5.41, 5.74) is 0.929. The third-order valence-corrected chi connectivity index (χ3v) is 8.38. The van der Waals surface area contributed by atoms with Crippen molar-refractivity contribution in [2.75, 3.05) is 0 Å². The molecule has 0 N–H and O–H groups in total. The van der Waals surface area contributed by atoms with Crippen LogP contribution in [0.4, 0.5) is 0 Å². The van der Waals surface area contributed by atoms with E-state index >= 15 is 0 Å². The highest BCUT2D eigenvalue weighted by Crippen LogP contribution is 2.37. The van der Waals surface area contributed by atoms with Crippen molar-refractivity contribution in [2.24, 2.45) is 0 Å². The van der Waals surface area contributed by atoms with Gasteiger partial charge in [-0.1, -0.05) is 36.7 Å². The summed E-state index contributed by atoms with van der Waals surface area (Å²) in [6.45, 7) is 13.7. The minimum Gasteiger partial charge on any atom is -0.442 e. The average Bonchev–Trinajstić information content (AvgIpc) is 2.55. The van der Waals surface area contributed by atoms with Crippen molar-refractivity contribution in [2.45, 2.75) is 57.8 Å². The first kappa shape index (κ1) is 14.9. The quantitative estimate of drug-likeness (QED) is 0.609. The summed E-state index contributed by atoms with van der Waals surface area (Å²) in [7, 11) is -1.71. The van der Waals surface area contributed by atoms with E-state index < -0.39 is 8.32 Å². The molecule has 0 aliphatic heterocycles. The van der Waals surface area contributed by atoms with Gasteiger partial charge in [0.1, 0.15) is 0 Å². The van der Waals surface area contributed by atoms with E-state index in [0.717, 1.165) is 17.3 Å². The van der Waals surface area contributed by atoms with Crippen molar-refractivity contribution >= 4 is 24.2 Å². The Labute approximate surface area is 113 Å². The number of hydrogen-bond acceptors (Lipinski definition) is 3. The molecule has 0 bridgehead atoms. The Balaban J connectivity index is 2.70. The Kier molecular flexibility index (Phi) is 4.60. The zero-order valence-electron chi connectivity index (χ0n) is 11.6. The van der Waals surface area contributed by atoms with Crippen molar-refractivity contribution in [1.82, 2.24) is 4.98 Å². The van der Waals surface area contributed by atoms with Gasteiger partial charge < -0.3 is 8.84 Å². The number of aryl methyl sites for hydroxylation is 1. The number of halogens is 1. The zero-order chi connectivity index (χ0) is 13.3. The molecule has 0 atom stereocenters. The normalized spacial score (nSPS) is 13.1. The molecule has 1 rings (SSSR count). The molecule has 1 aromatic rings. The minimum atomic E-state index is -1.71. The van der Waals surface area contributed by atoms with Crippen molar-refractivity contribution in [3.63, 3.8) is 0 Å². The van der Waals surface area contributed by atoms with E-state index in [-0.39, 0.29) is 5.04 Å². The molecule has 0 aliphatic carbocycles. The maximum atomic E-state index is 6.11. The molecule has 98 valence electrons. The summed E-state index contributed by atoms with van der Waals surface area (Å²) in [5.74, 6) is 1.57.